The molecule has 2 saturated heterocycles. The van der Waals surface area contributed by atoms with Gasteiger partial charge in [-0.15, -0.1) is 0 Å². The summed E-state index contributed by atoms with van der Waals surface area (Å²) in [7, 11) is -0.906. The molecule has 2 fully saturated rings. The second kappa shape index (κ2) is 7.54. The predicted octanol–water partition coefficient (Wildman–Crippen LogP) is -0.407. The van der Waals surface area contributed by atoms with Crippen molar-refractivity contribution in [2.45, 2.75) is 6.04 Å². The van der Waals surface area contributed by atoms with Crippen molar-refractivity contribution in [3.8, 4) is 0 Å². The van der Waals surface area contributed by atoms with Gasteiger partial charge in [-0.3, -0.25) is 14.3 Å². The molecule has 0 aliphatic carbocycles. The number of hydrogen-bond donors (Lipinski definition) is 2. The zero-order chi connectivity index (χ0) is 18.0. The maximum atomic E-state index is 11.6. The topological polar surface area (TPSA) is 124 Å². The Morgan fingerprint density at radius 2 is 2.08 bits per heavy atom. The summed E-state index contributed by atoms with van der Waals surface area (Å²) in [5, 5.41) is 14.6. The first-order chi connectivity index (χ1) is 12.0. The van der Waals surface area contributed by atoms with Gasteiger partial charge in [-0.05, 0) is 0 Å². The third-order valence-electron chi connectivity index (χ3n) is 4.25. The number of anilines is 2. The number of aromatic amines is 1. The molecule has 136 valence electrons. The lowest BCUT2D eigenvalue weighted by molar-refractivity contribution is -0.385. The van der Waals surface area contributed by atoms with Crippen LogP contribution < -0.4 is 15.1 Å². The molecule has 3 rings (SSSR count). The number of carbonyl (C=O) groups excluding carboxylic acids is 1. The van der Waals surface area contributed by atoms with Crippen LogP contribution in [0.5, 0.6) is 0 Å². The number of H-pyrrole nitrogens is 1. The Labute approximate surface area is 151 Å². The molecule has 10 nitrogen and oxygen atoms in total. The summed E-state index contributed by atoms with van der Waals surface area (Å²) in [5.74, 6) is 1.50. The van der Waals surface area contributed by atoms with Gasteiger partial charge >= 0.3 is 5.69 Å². The number of aromatic nitrogens is 2. The second-order valence-corrected chi connectivity index (χ2v) is 7.84. The van der Waals surface area contributed by atoms with Crippen LogP contribution >= 0.6 is 12.2 Å². The van der Waals surface area contributed by atoms with Gasteiger partial charge in [0.1, 0.15) is 6.29 Å². The summed E-state index contributed by atoms with van der Waals surface area (Å²) < 4.78 is 11.5. The van der Waals surface area contributed by atoms with E-state index in [1.165, 1.54) is 0 Å². The van der Waals surface area contributed by atoms with E-state index in [4.69, 9.17) is 12.2 Å². The van der Waals surface area contributed by atoms with Crippen LogP contribution in [-0.4, -0.2) is 75.7 Å². The number of carbonyl (C=O) groups is 1. The van der Waals surface area contributed by atoms with Crippen LogP contribution in [0.4, 0.5) is 17.5 Å². The Morgan fingerprint density at radius 3 is 2.72 bits per heavy atom. The summed E-state index contributed by atoms with van der Waals surface area (Å²) in [5.41, 5.74) is -0.260. The first-order valence-corrected chi connectivity index (χ1v) is 9.72. The maximum absolute atomic E-state index is 11.6. The molecule has 1 unspecified atom stereocenters. The van der Waals surface area contributed by atoms with E-state index in [0.29, 0.717) is 50.2 Å². The van der Waals surface area contributed by atoms with Crippen molar-refractivity contribution in [1.29, 1.82) is 0 Å². The van der Waals surface area contributed by atoms with Gasteiger partial charge < -0.3 is 24.9 Å². The van der Waals surface area contributed by atoms with E-state index < -0.39 is 21.8 Å². The minimum absolute atomic E-state index is 0.122. The molecule has 0 spiro atoms. The van der Waals surface area contributed by atoms with Crippen molar-refractivity contribution in [2.75, 3.05) is 54.0 Å². The van der Waals surface area contributed by atoms with Crippen LogP contribution in [0.1, 0.15) is 0 Å². The van der Waals surface area contributed by atoms with Gasteiger partial charge in [0.25, 0.3) is 0 Å². The Kier molecular flexibility index (Phi) is 5.39. The number of hydrogen-bond acceptors (Lipinski definition) is 9. The fourth-order valence-corrected chi connectivity index (χ4v) is 4.25. The van der Waals surface area contributed by atoms with Crippen molar-refractivity contribution >= 4 is 46.8 Å². The first-order valence-electron chi connectivity index (χ1n) is 7.82. The van der Waals surface area contributed by atoms with Crippen molar-refractivity contribution in [3.05, 3.63) is 14.8 Å². The standard InChI is InChI=1S/C13H18N6O4S2/c20-8-9-7-14-1-2-18(9)13-15-11(10(19(21)22)12(24)16-13)17-3-5-25(23)6-4-17/h8-9,14H,1-7H2,(H,15,16,24). The Hall–Kier alpha value is -1.92. The summed E-state index contributed by atoms with van der Waals surface area (Å²) in [6.07, 6.45) is 0.815. The van der Waals surface area contributed by atoms with Crippen LogP contribution in [0.25, 0.3) is 0 Å². The zero-order valence-electron chi connectivity index (χ0n) is 13.3. The number of piperazine rings is 1. The Morgan fingerprint density at radius 1 is 1.36 bits per heavy atom. The van der Waals surface area contributed by atoms with Gasteiger partial charge in [0.2, 0.25) is 10.6 Å². The molecule has 2 aliphatic heterocycles. The first kappa shape index (κ1) is 17.9. The van der Waals surface area contributed by atoms with E-state index in [9.17, 15) is 19.1 Å². The predicted molar refractivity (Wildman–Crippen MR) is 96.2 cm³/mol. The number of nitrogens with one attached hydrogen (secondary N) is 2. The quantitative estimate of drug-likeness (QED) is 0.307. The van der Waals surface area contributed by atoms with Crippen LogP contribution in [-0.2, 0) is 15.6 Å². The van der Waals surface area contributed by atoms with E-state index in [0.717, 1.165) is 6.29 Å². The summed E-state index contributed by atoms with van der Waals surface area (Å²) in [6.45, 7) is 2.53. The van der Waals surface area contributed by atoms with E-state index in [1.807, 2.05) is 0 Å². The van der Waals surface area contributed by atoms with Gasteiger partial charge in [0.05, 0.1) is 11.0 Å². The van der Waals surface area contributed by atoms with E-state index in [2.05, 4.69) is 15.3 Å². The van der Waals surface area contributed by atoms with Crippen molar-refractivity contribution in [3.63, 3.8) is 0 Å². The van der Waals surface area contributed by atoms with Crippen LogP contribution in [0.3, 0.4) is 0 Å². The lowest BCUT2D eigenvalue weighted by atomic mass is 10.2. The second-order valence-electron chi connectivity index (χ2n) is 5.76. The number of nitro groups is 1. The van der Waals surface area contributed by atoms with Crippen LogP contribution in [0, 0.1) is 14.8 Å². The highest BCUT2D eigenvalue weighted by Crippen LogP contribution is 2.30. The molecule has 0 aromatic carbocycles. The van der Waals surface area contributed by atoms with Crippen LogP contribution in [0.2, 0.25) is 0 Å². The molecule has 1 aromatic heterocycles. The Balaban J connectivity index is 2.04. The van der Waals surface area contributed by atoms with Gasteiger partial charge in [0.15, 0.2) is 5.82 Å². The van der Waals surface area contributed by atoms with Crippen LogP contribution in [0.15, 0.2) is 0 Å². The molecule has 2 N–H and O–H groups in total. The minimum Gasteiger partial charge on any atom is -0.350 e. The molecular weight excluding hydrogens is 368 g/mol. The number of aldehydes is 1. The molecule has 25 heavy (non-hydrogen) atoms. The van der Waals surface area contributed by atoms with Crippen molar-refractivity contribution in [2.24, 2.45) is 0 Å². The van der Waals surface area contributed by atoms with E-state index in [-0.39, 0.29) is 16.1 Å². The Bertz CT molecular complexity index is 759. The molecule has 3 heterocycles. The fourth-order valence-electron chi connectivity index (χ4n) is 2.94. The number of rotatable bonds is 4. The molecule has 1 atom stereocenters. The molecule has 2 aliphatic rings. The molecule has 0 radical (unpaired) electrons. The maximum Gasteiger partial charge on any atom is 0.346 e. The van der Waals surface area contributed by atoms with Gasteiger partial charge in [0, 0.05) is 55.0 Å². The molecular formula is C13H18N6O4S2. The molecule has 1 aromatic rings. The average molecular weight is 386 g/mol. The minimum atomic E-state index is -0.906. The smallest absolute Gasteiger partial charge is 0.346 e. The number of nitrogens with zero attached hydrogens (tertiary/aromatic N) is 4. The third-order valence-corrected chi connectivity index (χ3v) is 5.81. The lowest BCUT2D eigenvalue weighted by Crippen LogP contribution is -2.53. The molecule has 0 saturated carbocycles. The summed E-state index contributed by atoms with van der Waals surface area (Å²) in [4.78, 5) is 32.9. The van der Waals surface area contributed by atoms with Gasteiger partial charge in [-0.2, -0.15) is 4.98 Å². The molecule has 12 heteroatoms. The van der Waals surface area contributed by atoms with Gasteiger partial charge in [-0.1, -0.05) is 12.2 Å². The SMILES string of the molecule is O=CC1CNCCN1c1nc(=S)c([N+](=O)[O-])c(N2CCS(=O)CC2)[nH]1. The van der Waals surface area contributed by atoms with E-state index in [1.54, 1.807) is 9.80 Å². The lowest BCUT2D eigenvalue weighted by Gasteiger charge is -2.34. The fraction of sp³-hybridized carbons (Fsp3) is 0.615. The largest absolute Gasteiger partial charge is 0.350 e. The zero-order valence-corrected chi connectivity index (χ0v) is 15.0. The van der Waals surface area contributed by atoms with Gasteiger partial charge in [-0.25, -0.2) is 0 Å². The average Bonchev–Trinajstić information content (AvgIpc) is 2.61. The summed E-state index contributed by atoms with van der Waals surface area (Å²) >= 11 is 5.15. The normalized spacial score (nSPS) is 22.0. The highest BCUT2D eigenvalue weighted by atomic mass is 32.2. The highest BCUT2D eigenvalue weighted by Gasteiger charge is 2.30. The third kappa shape index (κ3) is 3.70. The molecule has 0 bridgehead atoms. The van der Waals surface area contributed by atoms with Crippen molar-refractivity contribution < 1.29 is 13.9 Å². The van der Waals surface area contributed by atoms with Crippen molar-refractivity contribution in [1.82, 2.24) is 15.3 Å². The highest BCUT2D eigenvalue weighted by molar-refractivity contribution is 7.85. The molecule has 0 amide bonds. The van der Waals surface area contributed by atoms with E-state index >= 15 is 0 Å². The monoisotopic (exact) mass is 386 g/mol. The summed E-state index contributed by atoms with van der Waals surface area (Å²) in [6, 6.07) is -0.421.